The van der Waals surface area contributed by atoms with Gasteiger partial charge in [0.1, 0.15) is 0 Å². The first-order valence-electron chi connectivity index (χ1n) is 10.3. The van der Waals surface area contributed by atoms with Crippen molar-refractivity contribution in [2.75, 3.05) is 13.1 Å². The second kappa shape index (κ2) is 14.5. The molecule has 2 nitrogen and oxygen atoms in total. The third kappa shape index (κ3) is 10.6. The van der Waals surface area contributed by atoms with Gasteiger partial charge in [0, 0.05) is 25.2 Å². The summed E-state index contributed by atoms with van der Waals surface area (Å²) in [5, 5.41) is 7.54. The van der Waals surface area contributed by atoms with E-state index in [2.05, 4.69) is 24.5 Å². The van der Waals surface area contributed by atoms with Crippen LogP contribution >= 0.6 is 0 Å². The van der Waals surface area contributed by atoms with Crippen LogP contribution in [0.5, 0.6) is 0 Å². The maximum Gasteiger partial charge on any atom is 0.0195 e. The molecule has 132 valence electrons. The summed E-state index contributed by atoms with van der Waals surface area (Å²) in [6, 6.07) is 1.45. The molecule has 2 N–H and O–H groups in total. The molecule has 2 heteroatoms. The van der Waals surface area contributed by atoms with Gasteiger partial charge in [0.2, 0.25) is 0 Å². The summed E-state index contributed by atoms with van der Waals surface area (Å²) in [4.78, 5) is 0. The average Bonchev–Trinajstić information content (AvgIpc) is 2.54. The fraction of sp³-hybridized carbons (Fsp3) is 1.00. The first kappa shape index (κ1) is 20.0. The summed E-state index contributed by atoms with van der Waals surface area (Å²) >= 11 is 0. The lowest BCUT2D eigenvalue weighted by atomic mass is 10.00. The predicted molar refractivity (Wildman–Crippen MR) is 99.6 cm³/mol. The van der Waals surface area contributed by atoms with Gasteiger partial charge in [0.15, 0.2) is 0 Å². The molecule has 0 aromatic carbocycles. The summed E-state index contributed by atoms with van der Waals surface area (Å²) in [5.74, 6) is 0. The average molecular weight is 311 g/mol. The van der Waals surface area contributed by atoms with E-state index in [9.17, 15) is 0 Å². The van der Waals surface area contributed by atoms with E-state index in [1.807, 2.05) is 0 Å². The molecule has 0 bridgehead atoms. The zero-order chi connectivity index (χ0) is 15.9. The highest BCUT2D eigenvalue weighted by Gasteiger charge is 2.19. The highest BCUT2D eigenvalue weighted by Crippen LogP contribution is 2.13. The van der Waals surface area contributed by atoms with Crippen molar-refractivity contribution < 1.29 is 0 Å². The van der Waals surface area contributed by atoms with Gasteiger partial charge in [-0.2, -0.15) is 0 Å². The normalized spacial score (nSPS) is 22.1. The minimum absolute atomic E-state index is 0.727. The van der Waals surface area contributed by atoms with Gasteiger partial charge in [-0.1, -0.05) is 90.9 Å². The number of unbranched alkanes of at least 4 members (excludes halogenated alkanes) is 10. The molecule has 2 atom stereocenters. The van der Waals surface area contributed by atoms with Crippen LogP contribution in [0.4, 0.5) is 0 Å². The van der Waals surface area contributed by atoms with Crippen LogP contribution in [0.3, 0.4) is 0 Å². The highest BCUT2D eigenvalue weighted by molar-refractivity contribution is 4.83. The molecule has 0 radical (unpaired) electrons. The smallest absolute Gasteiger partial charge is 0.0195 e. The van der Waals surface area contributed by atoms with Crippen LogP contribution in [0.1, 0.15) is 104 Å². The van der Waals surface area contributed by atoms with Crippen LogP contribution in [0, 0.1) is 0 Å². The number of piperazine rings is 1. The third-order valence-corrected chi connectivity index (χ3v) is 5.07. The van der Waals surface area contributed by atoms with Crippen LogP contribution in [0.2, 0.25) is 0 Å². The molecule has 1 aliphatic rings. The van der Waals surface area contributed by atoms with Crippen molar-refractivity contribution in [3.05, 3.63) is 0 Å². The van der Waals surface area contributed by atoms with Crippen LogP contribution in [-0.2, 0) is 0 Å². The van der Waals surface area contributed by atoms with E-state index in [1.54, 1.807) is 0 Å². The Kier molecular flexibility index (Phi) is 13.2. The fourth-order valence-corrected chi connectivity index (χ4v) is 3.60. The van der Waals surface area contributed by atoms with E-state index < -0.39 is 0 Å². The van der Waals surface area contributed by atoms with Crippen LogP contribution < -0.4 is 10.6 Å². The SMILES string of the molecule is CCCCCCCCC1CNCC(CCCCCCCC)N1. The molecule has 0 amide bonds. The third-order valence-electron chi connectivity index (χ3n) is 5.07. The van der Waals surface area contributed by atoms with E-state index in [1.165, 1.54) is 103 Å². The van der Waals surface area contributed by atoms with Gasteiger partial charge in [-0.05, 0) is 12.8 Å². The zero-order valence-electron chi connectivity index (χ0n) is 15.5. The minimum Gasteiger partial charge on any atom is -0.314 e. The van der Waals surface area contributed by atoms with Gasteiger partial charge in [-0.3, -0.25) is 0 Å². The second-order valence-electron chi connectivity index (χ2n) is 7.33. The van der Waals surface area contributed by atoms with E-state index >= 15 is 0 Å². The zero-order valence-corrected chi connectivity index (χ0v) is 15.5. The summed E-state index contributed by atoms with van der Waals surface area (Å²) in [6.45, 7) is 6.95. The molecular formula is C20H42N2. The summed E-state index contributed by atoms with van der Waals surface area (Å²) in [5.41, 5.74) is 0. The molecule has 0 spiro atoms. The molecule has 1 aliphatic heterocycles. The largest absolute Gasteiger partial charge is 0.314 e. The van der Waals surface area contributed by atoms with Crippen molar-refractivity contribution in [3.8, 4) is 0 Å². The van der Waals surface area contributed by atoms with E-state index in [0.29, 0.717) is 0 Å². The highest BCUT2D eigenvalue weighted by atomic mass is 15.1. The fourth-order valence-electron chi connectivity index (χ4n) is 3.60. The lowest BCUT2D eigenvalue weighted by Crippen LogP contribution is -2.54. The maximum absolute atomic E-state index is 3.90. The molecule has 1 rings (SSSR count). The van der Waals surface area contributed by atoms with Crippen molar-refractivity contribution in [2.45, 2.75) is 116 Å². The molecule has 0 saturated carbocycles. The van der Waals surface area contributed by atoms with Crippen LogP contribution in [0.15, 0.2) is 0 Å². The molecular weight excluding hydrogens is 268 g/mol. The number of hydrogen-bond acceptors (Lipinski definition) is 2. The molecule has 0 aromatic heterocycles. The van der Waals surface area contributed by atoms with E-state index in [4.69, 9.17) is 0 Å². The molecule has 1 heterocycles. The van der Waals surface area contributed by atoms with E-state index in [-0.39, 0.29) is 0 Å². The molecule has 0 aromatic rings. The first-order chi connectivity index (χ1) is 10.9. The van der Waals surface area contributed by atoms with Gasteiger partial charge in [-0.25, -0.2) is 0 Å². The van der Waals surface area contributed by atoms with Gasteiger partial charge < -0.3 is 10.6 Å². The Morgan fingerprint density at radius 1 is 0.591 bits per heavy atom. The van der Waals surface area contributed by atoms with Gasteiger partial charge >= 0.3 is 0 Å². The maximum atomic E-state index is 3.90. The number of rotatable bonds is 14. The van der Waals surface area contributed by atoms with Gasteiger partial charge in [-0.15, -0.1) is 0 Å². The molecule has 1 fully saturated rings. The predicted octanol–water partition coefficient (Wildman–Crippen LogP) is 5.42. The van der Waals surface area contributed by atoms with Crippen molar-refractivity contribution in [2.24, 2.45) is 0 Å². The standard InChI is InChI=1S/C20H42N2/c1-3-5-7-9-11-13-15-19-17-21-18-20(22-19)16-14-12-10-8-6-4-2/h19-22H,3-18H2,1-2H3. The minimum atomic E-state index is 0.727. The van der Waals surface area contributed by atoms with Crippen LogP contribution in [-0.4, -0.2) is 25.2 Å². The Labute approximate surface area is 140 Å². The van der Waals surface area contributed by atoms with Crippen molar-refractivity contribution >= 4 is 0 Å². The monoisotopic (exact) mass is 310 g/mol. The Morgan fingerprint density at radius 2 is 1.00 bits per heavy atom. The number of hydrogen-bond donors (Lipinski definition) is 2. The lowest BCUT2D eigenvalue weighted by molar-refractivity contribution is 0.302. The Bertz CT molecular complexity index is 208. The summed E-state index contributed by atoms with van der Waals surface area (Å²) in [6.07, 6.45) is 19.7. The molecule has 2 unspecified atom stereocenters. The summed E-state index contributed by atoms with van der Waals surface area (Å²) < 4.78 is 0. The quantitative estimate of drug-likeness (QED) is 0.419. The molecule has 1 saturated heterocycles. The Balaban J connectivity index is 1.96. The van der Waals surface area contributed by atoms with Crippen LogP contribution in [0.25, 0.3) is 0 Å². The molecule has 22 heavy (non-hydrogen) atoms. The van der Waals surface area contributed by atoms with Gasteiger partial charge in [0.25, 0.3) is 0 Å². The Morgan fingerprint density at radius 3 is 1.45 bits per heavy atom. The summed E-state index contributed by atoms with van der Waals surface area (Å²) in [7, 11) is 0. The van der Waals surface area contributed by atoms with Gasteiger partial charge in [0.05, 0.1) is 0 Å². The van der Waals surface area contributed by atoms with Crippen molar-refractivity contribution in [1.82, 2.24) is 10.6 Å². The topological polar surface area (TPSA) is 24.1 Å². The van der Waals surface area contributed by atoms with Crippen molar-refractivity contribution in [3.63, 3.8) is 0 Å². The Hall–Kier alpha value is -0.0800. The molecule has 0 aliphatic carbocycles. The number of nitrogens with one attached hydrogen (secondary N) is 2. The second-order valence-corrected chi connectivity index (χ2v) is 7.33. The van der Waals surface area contributed by atoms with Crippen molar-refractivity contribution in [1.29, 1.82) is 0 Å². The lowest BCUT2D eigenvalue weighted by Gasteiger charge is -2.32. The first-order valence-corrected chi connectivity index (χ1v) is 10.3. The van der Waals surface area contributed by atoms with E-state index in [0.717, 1.165) is 12.1 Å².